The summed E-state index contributed by atoms with van der Waals surface area (Å²) in [6, 6.07) is 8.77. The van der Waals surface area contributed by atoms with Crippen LogP contribution < -0.4 is 0 Å². The van der Waals surface area contributed by atoms with E-state index in [1.807, 2.05) is 11.0 Å². The van der Waals surface area contributed by atoms with Crippen molar-refractivity contribution < 1.29 is 13.6 Å². The van der Waals surface area contributed by atoms with Crippen LogP contribution in [0.3, 0.4) is 0 Å². The lowest BCUT2D eigenvalue weighted by atomic mass is 9.81. The second-order valence-corrected chi connectivity index (χ2v) is 8.74. The number of amides is 1. The first kappa shape index (κ1) is 20.0. The van der Waals surface area contributed by atoms with Crippen molar-refractivity contribution in [1.29, 1.82) is 0 Å². The van der Waals surface area contributed by atoms with Crippen LogP contribution >= 0.6 is 0 Å². The fraction of sp³-hybridized carbons (Fsp3) is 0.280. The van der Waals surface area contributed by atoms with E-state index in [1.54, 1.807) is 36.3 Å². The highest BCUT2D eigenvalue weighted by Crippen LogP contribution is 2.45. The van der Waals surface area contributed by atoms with Crippen molar-refractivity contribution in [1.82, 2.24) is 24.6 Å². The van der Waals surface area contributed by atoms with Gasteiger partial charge in [-0.3, -0.25) is 19.4 Å². The molecule has 1 fully saturated rings. The highest BCUT2D eigenvalue weighted by Gasteiger charge is 2.44. The van der Waals surface area contributed by atoms with Crippen LogP contribution in [0.4, 0.5) is 8.78 Å². The number of carbonyl (C=O) groups excluding carboxylic acids is 1. The Kier molecular flexibility index (Phi) is 4.50. The highest BCUT2D eigenvalue weighted by atomic mass is 19.1. The summed E-state index contributed by atoms with van der Waals surface area (Å²) in [7, 11) is 1.78. The monoisotopic (exact) mass is 445 g/mol. The molecule has 0 spiro atoms. The molecule has 0 radical (unpaired) electrons. The van der Waals surface area contributed by atoms with E-state index >= 15 is 0 Å². The van der Waals surface area contributed by atoms with Crippen LogP contribution in [0.1, 0.15) is 47.1 Å². The van der Waals surface area contributed by atoms with Crippen LogP contribution in [0.2, 0.25) is 0 Å². The minimum absolute atomic E-state index is 0.0289. The largest absolute Gasteiger partial charge is 0.325 e. The molecule has 0 aliphatic carbocycles. The molecule has 1 saturated heterocycles. The lowest BCUT2D eigenvalue weighted by Crippen LogP contribution is -2.50. The van der Waals surface area contributed by atoms with Gasteiger partial charge in [-0.2, -0.15) is 5.10 Å². The third-order valence-corrected chi connectivity index (χ3v) is 6.78. The zero-order valence-electron chi connectivity index (χ0n) is 18.0. The number of fused-ring (bicyclic) bond motifs is 5. The number of aromatic nitrogens is 4. The van der Waals surface area contributed by atoms with Gasteiger partial charge in [-0.25, -0.2) is 8.78 Å². The van der Waals surface area contributed by atoms with Crippen LogP contribution in [0, 0.1) is 11.6 Å². The molecule has 6 rings (SSSR count). The summed E-state index contributed by atoms with van der Waals surface area (Å²) in [5.41, 5.74) is 4.06. The molecule has 2 bridgehead atoms. The summed E-state index contributed by atoms with van der Waals surface area (Å²) in [4.78, 5) is 24.5. The smallest absolute Gasteiger partial charge is 0.273 e. The molecule has 2 atom stereocenters. The molecule has 33 heavy (non-hydrogen) atoms. The molecule has 6 nitrogen and oxygen atoms in total. The summed E-state index contributed by atoms with van der Waals surface area (Å²) in [5, 5.41) is 5.47. The normalized spacial score (nSPS) is 19.5. The minimum Gasteiger partial charge on any atom is -0.325 e. The third-order valence-electron chi connectivity index (χ3n) is 6.78. The van der Waals surface area contributed by atoms with Crippen molar-refractivity contribution in [3.63, 3.8) is 0 Å². The van der Waals surface area contributed by atoms with E-state index in [4.69, 9.17) is 5.10 Å². The summed E-state index contributed by atoms with van der Waals surface area (Å²) in [5.74, 6) is -1.37. The van der Waals surface area contributed by atoms with Gasteiger partial charge in [0.25, 0.3) is 5.91 Å². The molecule has 1 aromatic carbocycles. The summed E-state index contributed by atoms with van der Waals surface area (Å²) >= 11 is 0. The van der Waals surface area contributed by atoms with Crippen molar-refractivity contribution in [2.75, 3.05) is 0 Å². The van der Waals surface area contributed by atoms with Gasteiger partial charge in [0.05, 0.1) is 22.9 Å². The number of rotatable bonds is 2. The maximum atomic E-state index is 14.0. The van der Waals surface area contributed by atoms with Gasteiger partial charge >= 0.3 is 0 Å². The standard InChI is InChI=1S/C25H21F2N5O/c1-31-24(14-10-15(26)12-16(27)11-14)19-13-17-4-2-6-21(22(19)30-31)32(17)25(33)23-18-5-3-8-28-20(18)7-9-29-23/h3,5,7-12,17,21H,2,4,6,13H2,1H3. The van der Waals surface area contributed by atoms with Gasteiger partial charge in [0.2, 0.25) is 0 Å². The number of nitrogens with zero attached hydrogens (tertiary/aromatic N) is 5. The van der Waals surface area contributed by atoms with Gasteiger partial charge in [0.15, 0.2) is 0 Å². The van der Waals surface area contributed by atoms with E-state index < -0.39 is 11.6 Å². The highest BCUT2D eigenvalue weighted by molar-refractivity contribution is 6.04. The van der Waals surface area contributed by atoms with Crippen molar-refractivity contribution in [3.8, 4) is 11.3 Å². The Bertz CT molecular complexity index is 1390. The molecule has 3 aromatic heterocycles. The van der Waals surface area contributed by atoms with Crippen molar-refractivity contribution in [2.24, 2.45) is 7.05 Å². The van der Waals surface area contributed by atoms with Crippen molar-refractivity contribution in [2.45, 2.75) is 37.8 Å². The fourth-order valence-corrected chi connectivity index (χ4v) is 5.50. The topological polar surface area (TPSA) is 63.9 Å². The fourth-order valence-electron chi connectivity index (χ4n) is 5.50. The third kappa shape index (κ3) is 3.12. The first-order valence-electron chi connectivity index (χ1n) is 11.1. The molecule has 0 saturated carbocycles. The molecule has 1 amide bonds. The lowest BCUT2D eigenvalue weighted by Gasteiger charge is -2.45. The van der Waals surface area contributed by atoms with E-state index in [-0.39, 0.29) is 18.0 Å². The first-order valence-corrected chi connectivity index (χ1v) is 11.1. The molecule has 8 heteroatoms. The molecule has 2 aliphatic heterocycles. The van der Waals surface area contributed by atoms with Gasteiger partial charge in [0.1, 0.15) is 17.3 Å². The van der Waals surface area contributed by atoms with Crippen LogP contribution in [-0.2, 0) is 13.5 Å². The average Bonchev–Trinajstić information content (AvgIpc) is 3.13. The van der Waals surface area contributed by atoms with Gasteiger partial charge in [-0.1, -0.05) is 0 Å². The number of halogens is 2. The van der Waals surface area contributed by atoms with Crippen molar-refractivity contribution >= 4 is 16.8 Å². The molecule has 5 heterocycles. The molecule has 2 unspecified atom stereocenters. The number of pyridine rings is 2. The Hall–Kier alpha value is -3.68. The first-order chi connectivity index (χ1) is 16.0. The Morgan fingerprint density at radius 1 is 1.06 bits per heavy atom. The molecule has 2 aliphatic rings. The summed E-state index contributed by atoms with van der Waals surface area (Å²) in [6.07, 6.45) is 6.53. The minimum atomic E-state index is -0.622. The Labute approximate surface area is 188 Å². The maximum absolute atomic E-state index is 14.0. The predicted octanol–water partition coefficient (Wildman–Crippen LogP) is 4.60. The van der Waals surface area contributed by atoms with Gasteiger partial charge < -0.3 is 4.90 Å². The van der Waals surface area contributed by atoms with Crippen LogP contribution in [0.25, 0.3) is 22.2 Å². The van der Waals surface area contributed by atoms with Crippen LogP contribution in [0.15, 0.2) is 48.8 Å². The SMILES string of the molecule is Cn1nc2c(c1-c1cc(F)cc(F)c1)CC1CCCC2N1C(=O)c1nccc2ncccc12. The van der Waals surface area contributed by atoms with E-state index in [0.717, 1.165) is 47.5 Å². The molecule has 166 valence electrons. The lowest BCUT2D eigenvalue weighted by molar-refractivity contribution is 0.0388. The number of carbonyl (C=O) groups is 1. The number of hydrogen-bond donors (Lipinski definition) is 0. The zero-order chi connectivity index (χ0) is 22.7. The second kappa shape index (κ2) is 7.43. The number of aryl methyl sites for hydroxylation is 1. The van der Waals surface area contributed by atoms with Gasteiger partial charge in [-0.05, 0) is 56.0 Å². The van der Waals surface area contributed by atoms with Crippen LogP contribution in [0.5, 0.6) is 0 Å². The summed E-state index contributed by atoms with van der Waals surface area (Å²) < 4.78 is 29.6. The Balaban J connectivity index is 1.46. The molecular formula is C25H21F2N5O. The molecular weight excluding hydrogens is 424 g/mol. The summed E-state index contributed by atoms with van der Waals surface area (Å²) in [6.45, 7) is 0. The zero-order valence-corrected chi connectivity index (χ0v) is 18.0. The van der Waals surface area contributed by atoms with Crippen LogP contribution in [-0.4, -0.2) is 36.6 Å². The molecule has 4 aromatic rings. The second-order valence-electron chi connectivity index (χ2n) is 8.74. The van der Waals surface area contributed by atoms with E-state index in [1.165, 1.54) is 12.1 Å². The van der Waals surface area contributed by atoms with E-state index in [9.17, 15) is 13.6 Å². The Morgan fingerprint density at radius 2 is 1.88 bits per heavy atom. The predicted molar refractivity (Wildman–Crippen MR) is 118 cm³/mol. The number of hydrogen-bond acceptors (Lipinski definition) is 4. The quantitative estimate of drug-likeness (QED) is 0.452. The van der Waals surface area contributed by atoms with Crippen molar-refractivity contribution in [3.05, 3.63) is 77.4 Å². The van der Waals surface area contributed by atoms with Gasteiger partial charge in [0, 0.05) is 48.1 Å². The molecule has 0 N–H and O–H groups in total. The maximum Gasteiger partial charge on any atom is 0.273 e. The van der Waals surface area contributed by atoms with E-state index in [0.29, 0.717) is 23.4 Å². The number of benzene rings is 1. The average molecular weight is 445 g/mol. The van der Waals surface area contributed by atoms with E-state index in [2.05, 4.69) is 9.97 Å². The number of piperidine rings is 1. The van der Waals surface area contributed by atoms with Gasteiger partial charge in [-0.15, -0.1) is 0 Å². The Morgan fingerprint density at radius 3 is 2.70 bits per heavy atom.